The lowest BCUT2D eigenvalue weighted by Crippen LogP contribution is -2.22. The van der Waals surface area contributed by atoms with Gasteiger partial charge in [0.1, 0.15) is 11.4 Å². The minimum absolute atomic E-state index is 0.302. The summed E-state index contributed by atoms with van der Waals surface area (Å²) < 4.78 is 0. The zero-order valence-electron chi connectivity index (χ0n) is 11.9. The Bertz CT molecular complexity index is 965. The van der Waals surface area contributed by atoms with Crippen molar-refractivity contribution in [1.82, 2.24) is 9.97 Å². The van der Waals surface area contributed by atoms with E-state index in [2.05, 4.69) is 22.6 Å². The highest BCUT2D eigenvalue weighted by molar-refractivity contribution is 7.80. The fraction of sp³-hybridized carbons (Fsp3) is 0. The van der Waals surface area contributed by atoms with E-state index in [9.17, 15) is 9.59 Å². The van der Waals surface area contributed by atoms with Crippen molar-refractivity contribution in [2.75, 3.05) is 0 Å². The Labute approximate surface area is 137 Å². The highest BCUT2D eigenvalue weighted by atomic mass is 32.1. The second kappa shape index (κ2) is 5.14. The average molecular weight is 318 g/mol. The van der Waals surface area contributed by atoms with Gasteiger partial charge in [-0.25, -0.2) is 4.98 Å². The summed E-state index contributed by atoms with van der Waals surface area (Å²) >= 11 is 4.27. The summed E-state index contributed by atoms with van der Waals surface area (Å²) in [4.78, 5) is 34.1. The molecular weight excluding hydrogens is 308 g/mol. The number of carbonyl (C=O) groups is 2. The lowest BCUT2D eigenvalue weighted by atomic mass is 9.90. The van der Waals surface area contributed by atoms with Gasteiger partial charge in [0.2, 0.25) is 11.6 Å². The normalized spacial score (nSPS) is 12.7. The predicted octanol–water partition coefficient (Wildman–Crippen LogP) is 3.48. The Balaban J connectivity index is 1.94. The van der Waals surface area contributed by atoms with Crippen LogP contribution in [0.25, 0.3) is 22.6 Å². The minimum Gasteiger partial charge on any atom is -0.285 e. The van der Waals surface area contributed by atoms with E-state index in [1.807, 2.05) is 24.3 Å². The molecule has 4 rings (SSSR count). The molecule has 0 N–H and O–H groups in total. The first-order chi connectivity index (χ1) is 11.1. The molecule has 23 heavy (non-hydrogen) atoms. The van der Waals surface area contributed by atoms with Gasteiger partial charge in [0.05, 0.1) is 16.8 Å². The van der Waals surface area contributed by atoms with Crippen LogP contribution in [0.15, 0.2) is 59.6 Å². The minimum atomic E-state index is -0.537. The molecular formula is C18H10N2O2S. The van der Waals surface area contributed by atoms with Crippen LogP contribution in [-0.4, -0.2) is 21.5 Å². The molecule has 0 spiro atoms. The Kier molecular flexibility index (Phi) is 3.09. The van der Waals surface area contributed by atoms with Crippen molar-refractivity contribution in [3.05, 3.63) is 65.9 Å². The van der Waals surface area contributed by atoms with Crippen molar-refractivity contribution in [3.63, 3.8) is 0 Å². The van der Waals surface area contributed by atoms with E-state index < -0.39 is 11.6 Å². The zero-order chi connectivity index (χ0) is 16.0. The molecule has 5 heteroatoms. The molecule has 2 heterocycles. The van der Waals surface area contributed by atoms with Crippen LogP contribution < -0.4 is 0 Å². The van der Waals surface area contributed by atoms with Gasteiger partial charge in [0.15, 0.2) is 0 Å². The van der Waals surface area contributed by atoms with Crippen molar-refractivity contribution in [2.24, 2.45) is 0 Å². The SMILES string of the molecule is O=C1C(=O)c2ccc(-c3ccc(S)cc3)nc2-c2ncccc21. The van der Waals surface area contributed by atoms with Crippen LogP contribution in [0, 0.1) is 0 Å². The van der Waals surface area contributed by atoms with E-state index in [1.165, 1.54) is 0 Å². The maximum Gasteiger partial charge on any atom is 0.235 e. The topological polar surface area (TPSA) is 59.9 Å². The van der Waals surface area contributed by atoms with E-state index in [0.29, 0.717) is 22.5 Å². The van der Waals surface area contributed by atoms with Gasteiger partial charge >= 0.3 is 0 Å². The van der Waals surface area contributed by atoms with E-state index >= 15 is 0 Å². The molecule has 0 unspecified atom stereocenters. The van der Waals surface area contributed by atoms with Crippen LogP contribution in [0.3, 0.4) is 0 Å². The summed E-state index contributed by atoms with van der Waals surface area (Å²) in [5.74, 6) is -1.07. The van der Waals surface area contributed by atoms with Crippen LogP contribution in [0.1, 0.15) is 20.7 Å². The lowest BCUT2D eigenvalue weighted by Gasteiger charge is -2.16. The Morgan fingerprint density at radius 2 is 1.48 bits per heavy atom. The second-order valence-corrected chi connectivity index (χ2v) is 5.71. The van der Waals surface area contributed by atoms with Crippen molar-refractivity contribution < 1.29 is 9.59 Å². The van der Waals surface area contributed by atoms with Crippen molar-refractivity contribution in [3.8, 4) is 22.6 Å². The van der Waals surface area contributed by atoms with Crippen molar-refractivity contribution in [1.29, 1.82) is 0 Å². The molecule has 0 bridgehead atoms. The van der Waals surface area contributed by atoms with Gasteiger partial charge in [-0.1, -0.05) is 12.1 Å². The molecule has 3 aromatic rings. The number of ketones is 2. The number of hydrogen-bond donors (Lipinski definition) is 1. The molecule has 1 aromatic carbocycles. The number of pyridine rings is 2. The summed E-state index contributed by atoms with van der Waals surface area (Å²) in [5, 5.41) is 0. The number of aromatic nitrogens is 2. The third-order valence-electron chi connectivity index (χ3n) is 3.79. The molecule has 1 aliphatic carbocycles. The summed E-state index contributed by atoms with van der Waals surface area (Å²) in [5.41, 5.74) is 3.15. The maximum absolute atomic E-state index is 12.2. The molecule has 4 nitrogen and oxygen atoms in total. The standard InChI is InChI=1S/C18H10N2O2S/c21-17-12-2-1-9-19-15(12)16-13(18(17)22)7-8-14(20-16)10-3-5-11(23)6-4-10/h1-9,23H. The number of benzene rings is 1. The summed E-state index contributed by atoms with van der Waals surface area (Å²) in [6, 6.07) is 14.2. The molecule has 0 fully saturated rings. The number of carbonyl (C=O) groups excluding carboxylic acids is 2. The maximum atomic E-state index is 12.2. The summed E-state index contributed by atoms with van der Waals surface area (Å²) in [6.45, 7) is 0. The van der Waals surface area contributed by atoms with Gasteiger partial charge in [0, 0.05) is 16.7 Å². The van der Waals surface area contributed by atoms with Crippen LogP contribution in [0.4, 0.5) is 0 Å². The molecule has 2 aromatic heterocycles. The number of nitrogens with zero attached hydrogens (tertiary/aromatic N) is 2. The fourth-order valence-corrected chi connectivity index (χ4v) is 2.79. The first-order valence-electron chi connectivity index (χ1n) is 7.00. The summed E-state index contributed by atoms with van der Waals surface area (Å²) in [7, 11) is 0. The van der Waals surface area contributed by atoms with Gasteiger partial charge in [0.25, 0.3) is 0 Å². The molecule has 1 aliphatic rings. The first kappa shape index (κ1) is 13.8. The molecule has 0 amide bonds. The fourth-order valence-electron chi connectivity index (χ4n) is 2.64. The first-order valence-corrected chi connectivity index (χ1v) is 7.45. The van der Waals surface area contributed by atoms with E-state index in [1.54, 1.807) is 30.5 Å². The monoisotopic (exact) mass is 318 g/mol. The van der Waals surface area contributed by atoms with E-state index in [-0.39, 0.29) is 0 Å². The Morgan fingerprint density at radius 3 is 2.22 bits per heavy atom. The van der Waals surface area contributed by atoms with Gasteiger partial charge < -0.3 is 0 Å². The number of thiol groups is 1. The predicted molar refractivity (Wildman–Crippen MR) is 88.8 cm³/mol. The highest BCUT2D eigenvalue weighted by Crippen LogP contribution is 2.32. The van der Waals surface area contributed by atoms with E-state index in [4.69, 9.17) is 0 Å². The van der Waals surface area contributed by atoms with Crippen LogP contribution in [0.5, 0.6) is 0 Å². The number of fused-ring (bicyclic) bond motifs is 3. The second-order valence-electron chi connectivity index (χ2n) is 5.20. The smallest absolute Gasteiger partial charge is 0.235 e. The van der Waals surface area contributed by atoms with Crippen LogP contribution in [0.2, 0.25) is 0 Å². The molecule has 0 aliphatic heterocycles. The molecule has 0 saturated heterocycles. The molecule has 0 atom stereocenters. The van der Waals surface area contributed by atoms with Crippen LogP contribution >= 0.6 is 12.6 Å². The lowest BCUT2D eigenvalue weighted by molar-refractivity contribution is 0.0814. The quantitative estimate of drug-likeness (QED) is 0.551. The summed E-state index contributed by atoms with van der Waals surface area (Å²) in [6.07, 6.45) is 1.59. The highest BCUT2D eigenvalue weighted by Gasteiger charge is 2.32. The van der Waals surface area contributed by atoms with Gasteiger partial charge in [-0.2, -0.15) is 0 Å². The van der Waals surface area contributed by atoms with Gasteiger partial charge in [-0.05, 0) is 36.4 Å². The number of Topliss-reactive ketones (excluding diaryl/α,β-unsaturated/α-hetero) is 2. The zero-order valence-corrected chi connectivity index (χ0v) is 12.7. The largest absolute Gasteiger partial charge is 0.285 e. The molecule has 0 saturated carbocycles. The molecule has 110 valence electrons. The Hall–Kier alpha value is -2.79. The number of rotatable bonds is 1. The van der Waals surface area contributed by atoms with Gasteiger partial charge in [-0.15, -0.1) is 12.6 Å². The van der Waals surface area contributed by atoms with Crippen molar-refractivity contribution in [2.45, 2.75) is 4.90 Å². The molecule has 0 radical (unpaired) electrons. The average Bonchev–Trinajstić information content (AvgIpc) is 2.60. The van der Waals surface area contributed by atoms with Crippen LogP contribution in [-0.2, 0) is 0 Å². The Morgan fingerprint density at radius 1 is 0.783 bits per heavy atom. The van der Waals surface area contributed by atoms with Gasteiger partial charge in [-0.3, -0.25) is 14.6 Å². The number of hydrogen-bond acceptors (Lipinski definition) is 5. The van der Waals surface area contributed by atoms with Crippen molar-refractivity contribution >= 4 is 24.2 Å². The third kappa shape index (κ3) is 2.17. The third-order valence-corrected chi connectivity index (χ3v) is 4.08. The van der Waals surface area contributed by atoms with E-state index in [0.717, 1.165) is 16.2 Å².